The number of H-pyrrole nitrogens is 1. The lowest BCUT2D eigenvalue weighted by Crippen LogP contribution is -2.42. The Morgan fingerprint density at radius 1 is 1.15 bits per heavy atom. The van der Waals surface area contributed by atoms with Crippen molar-refractivity contribution in [2.75, 3.05) is 38.7 Å². The number of hydrogen-bond acceptors (Lipinski definition) is 5. The summed E-state index contributed by atoms with van der Waals surface area (Å²) in [6.45, 7) is 12.1. The Morgan fingerprint density at radius 2 is 1.88 bits per heavy atom. The number of fused-ring (bicyclic) bond motifs is 2. The molecule has 34 heavy (non-hydrogen) atoms. The van der Waals surface area contributed by atoms with E-state index in [9.17, 15) is 5.11 Å². The number of aromatic amines is 1. The molecule has 1 aromatic carbocycles. The molecule has 0 bridgehead atoms. The van der Waals surface area contributed by atoms with E-state index in [-0.39, 0.29) is 0 Å². The number of aromatic nitrogens is 2. The number of anilines is 1. The highest BCUT2D eigenvalue weighted by Gasteiger charge is 2.27. The number of nitrogens with zero attached hydrogens (tertiary/aromatic N) is 4. The van der Waals surface area contributed by atoms with Gasteiger partial charge in [-0.15, -0.1) is 0 Å². The highest BCUT2D eigenvalue weighted by Crippen LogP contribution is 2.39. The summed E-state index contributed by atoms with van der Waals surface area (Å²) in [5.74, 6) is 2.03. The van der Waals surface area contributed by atoms with Crippen molar-refractivity contribution in [2.45, 2.75) is 64.5 Å². The molecule has 2 N–H and O–H groups in total. The number of aliphatic hydroxyl groups is 1. The molecular weight excluding hydrogens is 422 g/mol. The largest absolute Gasteiger partial charge is 0.389 e. The molecule has 6 nitrogen and oxygen atoms in total. The van der Waals surface area contributed by atoms with E-state index in [4.69, 9.17) is 4.98 Å². The van der Waals surface area contributed by atoms with E-state index in [0.29, 0.717) is 11.8 Å². The topological polar surface area (TPSA) is 58.6 Å². The maximum atomic E-state index is 10.2. The van der Waals surface area contributed by atoms with Gasteiger partial charge in [0.15, 0.2) is 0 Å². The minimum atomic E-state index is -0.628. The van der Waals surface area contributed by atoms with Crippen molar-refractivity contribution < 1.29 is 5.11 Å². The summed E-state index contributed by atoms with van der Waals surface area (Å²) in [6.07, 6.45) is 4.31. The third kappa shape index (κ3) is 4.35. The van der Waals surface area contributed by atoms with E-state index < -0.39 is 5.60 Å². The van der Waals surface area contributed by atoms with Crippen LogP contribution >= 0.6 is 0 Å². The molecule has 4 heterocycles. The summed E-state index contributed by atoms with van der Waals surface area (Å²) in [5.41, 5.74) is 7.05. The Labute approximate surface area is 203 Å². The van der Waals surface area contributed by atoms with Gasteiger partial charge in [-0.2, -0.15) is 0 Å². The van der Waals surface area contributed by atoms with Crippen molar-refractivity contribution in [3.63, 3.8) is 0 Å². The Balaban J connectivity index is 1.45. The molecule has 0 atom stereocenters. The number of rotatable bonds is 5. The Bertz CT molecular complexity index is 1180. The van der Waals surface area contributed by atoms with Gasteiger partial charge in [-0.1, -0.05) is 19.9 Å². The van der Waals surface area contributed by atoms with Crippen LogP contribution in [0, 0.1) is 0 Å². The van der Waals surface area contributed by atoms with Crippen molar-refractivity contribution in [2.24, 2.45) is 0 Å². The van der Waals surface area contributed by atoms with E-state index >= 15 is 0 Å². The van der Waals surface area contributed by atoms with Crippen LogP contribution in [-0.2, 0) is 6.54 Å². The molecule has 1 fully saturated rings. The molecule has 2 aliphatic heterocycles. The monoisotopic (exact) mass is 461 g/mol. The van der Waals surface area contributed by atoms with Crippen LogP contribution in [-0.4, -0.2) is 64.3 Å². The minimum absolute atomic E-state index is 0.409. The van der Waals surface area contributed by atoms with Crippen LogP contribution in [0.2, 0.25) is 0 Å². The van der Waals surface area contributed by atoms with Gasteiger partial charge in [-0.25, -0.2) is 9.99 Å². The first kappa shape index (κ1) is 23.3. The second-order valence-corrected chi connectivity index (χ2v) is 11.3. The summed E-state index contributed by atoms with van der Waals surface area (Å²) in [5, 5.41) is 15.8. The normalized spacial score (nSPS) is 18.4. The Morgan fingerprint density at radius 3 is 2.56 bits per heavy atom. The fourth-order valence-corrected chi connectivity index (χ4v) is 5.85. The molecule has 0 spiro atoms. The van der Waals surface area contributed by atoms with Gasteiger partial charge in [-0.05, 0) is 80.9 Å². The number of β-amino-alcohol motifs (C(OH)–C–C–N with tert-alkyl or cyclic N) is 1. The zero-order valence-electron chi connectivity index (χ0n) is 21.5. The van der Waals surface area contributed by atoms with Crippen LogP contribution in [0.3, 0.4) is 0 Å². The highest BCUT2D eigenvalue weighted by molar-refractivity contribution is 5.92. The molecular formula is C28H39N5O. The van der Waals surface area contributed by atoms with Gasteiger partial charge in [0.2, 0.25) is 0 Å². The van der Waals surface area contributed by atoms with E-state index in [1.807, 2.05) is 20.0 Å². The molecule has 0 radical (unpaired) electrons. The van der Waals surface area contributed by atoms with Crippen LogP contribution in [0.5, 0.6) is 0 Å². The standard InChI is InChI=1S/C28H39N5O/c1-18(2)25-23-14-20(19-9-11-33(12-10-19)17-28(3,4)34)7-8-24(23)30-26(25)21-13-22-16-31(5)32(6)27(22)29-15-21/h7-8,13-15,18-19,30,34H,9-12,16-17H2,1-6H3. The number of hydrazine groups is 1. The number of piperidine rings is 1. The SMILES string of the molecule is CC(C)c1c(-c2cnc3c(c2)CN(C)N3C)[nH]c2ccc(C3CCN(CC(C)(C)O)CC3)cc12. The maximum Gasteiger partial charge on any atom is 0.147 e. The molecule has 0 unspecified atom stereocenters. The quantitative estimate of drug-likeness (QED) is 0.554. The molecule has 0 aliphatic carbocycles. The Hall–Kier alpha value is -2.41. The zero-order chi connectivity index (χ0) is 24.2. The third-order valence-electron chi connectivity index (χ3n) is 7.56. The average Bonchev–Trinajstić information content (AvgIpc) is 3.29. The van der Waals surface area contributed by atoms with E-state index in [1.54, 1.807) is 0 Å². The van der Waals surface area contributed by atoms with Crippen molar-refractivity contribution in [3.05, 3.63) is 47.2 Å². The first-order chi connectivity index (χ1) is 16.1. The second-order valence-electron chi connectivity index (χ2n) is 11.3. The van der Waals surface area contributed by atoms with Gasteiger partial charge in [0.05, 0.1) is 11.3 Å². The van der Waals surface area contributed by atoms with Crippen LogP contribution in [0.1, 0.15) is 69.1 Å². The fourth-order valence-electron chi connectivity index (χ4n) is 5.85. The predicted octanol–water partition coefficient (Wildman–Crippen LogP) is 5.10. The first-order valence-corrected chi connectivity index (χ1v) is 12.6. The number of nitrogens with one attached hydrogen (secondary N) is 1. The van der Waals surface area contributed by atoms with Crippen molar-refractivity contribution in [3.8, 4) is 11.3 Å². The minimum Gasteiger partial charge on any atom is -0.389 e. The van der Waals surface area contributed by atoms with Gasteiger partial charge in [0.25, 0.3) is 0 Å². The molecule has 0 amide bonds. The van der Waals surface area contributed by atoms with Gasteiger partial charge >= 0.3 is 0 Å². The van der Waals surface area contributed by atoms with Gasteiger partial charge in [-0.3, -0.25) is 5.01 Å². The van der Waals surface area contributed by atoms with Crippen LogP contribution < -0.4 is 5.01 Å². The molecule has 2 aromatic heterocycles. The summed E-state index contributed by atoms with van der Waals surface area (Å²) in [4.78, 5) is 10.9. The van der Waals surface area contributed by atoms with E-state index in [0.717, 1.165) is 44.8 Å². The molecule has 3 aromatic rings. The second kappa shape index (κ2) is 8.67. The third-order valence-corrected chi connectivity index (χ3v) is 7.56. The molecule has 2 aliphatic rings. The van der Waals surface area contributed by atoms with Gasteiger partial charge < -0.3 is 15.0 Å². The summed E-state index contributed by atoms with van der Waals surface area (Å²) < 4.78 is 0. The molecule has 1 saturated heterocycles. The lowest BCUT2D eigenvalue weighted by molar-refractivity contribution is 0.0282. The van der Waals surface area contributed by atoms with Crippen LogP contribution in [0.15, 0.2) is 30.5 Å². The van der Waals surface area contributed by atoms with E-state index in [1.165, 1.54) is 38.9 Å². The predicted molar refractivity (Wildman–Crippen MR) is 140 cm³/mol. The van der Waals surface area contributed by atoms with Crippen molar-refractivity contribution in [1.29, 1.82) is 0 Å². The molecule has 182 valence electrons. The number of pyridine rings is 1. The highest BCUT2D eigenvalue weighted by atomic mass is 16.3. The van der Waals surface area contributed by atoms with Gasteiger partial charge in [0, 0.05) is 55.4 Å². The summed E-state index contributed by atoms with van der Waals surface area (Å²) >= 11 is 0. The maximum absolute atomic E-state index is 10.2. The fraction of sp³-hybridized carbons (Fsp3) is 0.536. The lowest BCUT2D eigenvalue weighted by atomic mass is 9.87. The molecule has 5 rings (SSSR count). The van der Waals surface area contributed by atoms with Crippen LogP contribution in [0.25, 0.3) is 22.2 Å². The van der Waals surface area contributed by atoms with Crippen molar-refractivity contribution in [1.82, 2.24) is 19.9 Å². The van der Waals surface area contributed by atoms with E-state index in [2.05, 4.69) is 72.1 Å². The first-order valence-electron chi connectivity index (χ1n) is 12.6. The molecule has 6 heteroatoms. The number of hydrogen-bond donors (Lipinski definition) is 2. The van der Waals surface area contributed by atoms with Crippen LogP contribution in [0.4, 0.5) is 5.82 Å². The van der Waals surface area contributed by atoms with Gasteiger partial charge in [0.1, 0.15) is 5.82 Å². The number of likely N-dealkylation sites (tertiary alicyclic amines) is 1. The summed E-state index contributed by atoms with van der Waals surface area (Å²) in [7, 11) is 4.16. The summed E-state index contributed by atoms with van der Waals surface area (Å²) in [6, 6.07) is 9.32. The Kier molecular flexibility index (Phi) is 5.95. The average molecular weight is 462 g/mol. The number of benzene rings is 1. The zero-order valence-corrected chi connectivity index (χ0v) is 21.5. The smallest absolute Gasteiger partial charge is 0.147 e. The lowest BCUT2D eigenvalue weighted by Gasteiger charge is -2.35. The van der Waals surface area contributed by atoms with Crippen molar-refractivity contribution >= 4 is 16.7 Å². The molecule has 0 saturated carbocycles.